The molecule has 0 saturated heterocycles. The van der Waals surface area contributed by atoms with Crippen LogP contribution in [0.3, 0.4) is 0 Å². The molecule has 0 aliphatic carbocycles. The summed E-state index contributed by atoms with van der Waals surface area (Å²) >= 11 is 0. The summed E-state index contributed by atoms with van der Waals surface area (Å²) in [6.07, 6.45) is 0.378. The normalized spacial score (nSPS) is 10.4. The highest BCUT2D eigenvalue weighted by Crippen LogP contribution is 2.23. The first-order valence-corrected chi connectivity index (χ1v) is 4.45. The highest BCUT2D eigenvalue weighted by atomic mass is 16.3. The molecular weight excluding hydrogens is 176 g/mol. The number of oxazole rings is 1. The van der Waals surface area contributed by atoms with Crippen molar-refractivity contribution in [2.45, 2.75) is 20.3 Å². The summed E-state index contributed by atoms with van der Waals surface area (Å²) < 4.78 is 5.47. The molecule has 0 spiro atoms. The van der Waals surface area contributed by atoms with Crippen molar-refractivity contribution in [1.82, 2.24) is 4.98 Å². The van der Waals surface area contributed by atoms with Crippen molar-refractivity contribution >= 4 is 11.1 Å². The Kier molecular flexibility index (Phi) is 1.97. The number of hydrogen-bond donors (Lipinski definition) is 0. The Bertz CT molecular complexity index is 520. The zero-order valence-electron chi connectivity index (χ0n) is 8.16. The van der Waals surface area contributed by atoms with Crippen molar-refractivity contribution in [1.29, 1.82) is 5.26 Å². The van der Waals surface area contributed by atoms with E-state index in [0.717, 1.165) is 22.2 Å². The van der Waals surface area contributed by atoms with E-state index in [2.05, 4.69) is 11.1 Å². The van der Waals surface area contributed by atoms with E-state index >= 15 is 0 Å². The molecule has 0 N–H and O–H groups in total. The first-order valence-electron chi connectivity index (χ1n) is 4.45. The summed E-state index contributed by atoms with van der Waals surface area (Å²) in [7, 11) is 0. The number of aromatic nitrogens is 1. The van der Waals surface area contributed by atoms with Gasteiger partial charge in [-0.3, -0.25) is 0 Å². The number of fused-ring (bicyclic) bond motifs is 1. The molecule has 3 nitrogen and oxygen atoms in total. The Labute approximate surface area is 82.0 Å². The molecule has 1 heterocycles. The van der Waals surface area contributed by atoms with Gasteiger partial charge in [0, 0.05) is 6.92 Å². The minimum absolute atomic E-state index is 0.378. The molecule has 0 bridgehead atoms. The molecule has 0 radical (unpaired) electrons. The highest BCUT2D eigenvalue weighted by Gasteiger charge is 2.09. The van der Waals surface area contributed by atoms with E-state index in [-0.39, 0.29) is 0 Å². The predicted octanol–water partition coefficient (Wildman–Crippen LogP) is 2.51. The Hall–Kier alpha value is -1.82. The second-order valence-corrected chi connectivity index (χ2v) is 3.29. The largest absolute Gasteiger partial charge is 0.441 e. The van der Waals surface area contributed by atoms with Crippen LogP contribution in [0.15, 0.2) is 16.5 Å². The Morgan fingerprint density at radius 3 is 2.93 bits per heavy atom. The SMILES string of the molecule is Cc1nc2c(CC#N)ccc(C)c2o1. The molecule has 14 heavy (non-hydrogen) atoms. The van der Waals surface area contributed by atoms with Gasteiger partial charge in [0.05, 0.1) is 12.5 Å². The van der Waals surface area contributed by atoms with Crippen LogP contribution in [-0.4, -0.2) is 4.98 Å². The quantitative estimate of drug-likeness (QED) is 0.687. The molecule has 70 valence electrons. The van der Waals surface area contributed by atoms with Gasteiger partial charge in [-0.2, -0.15) is 5.26 Å². The van der Waals surface area contributed by atoms with E-state index in [1.807, 2.05) is 26.0 Å². The Morgan fingerprint density at radius 2 is 2.21 bits per heavy atom. The van der Waals surface area contributed by atoms with Gasteiger partial charge in [0.1, 0.15) is 5.52 Å². The van der Waals surface area contributed by atoms with Crippen molar-refractivity contribution in [2.24, 2.45) is 0 Å². The van der Waals surface area contributed by atoms with E-state index in [1.165, 1.54) is 0 Å². The third-order valence-electron chi connectivity index (χ3n) is 2.20. The molecule has 2 aromatic rings. The molecule has 1 aromatic carbocycles. The standard InChI is InChI=1S/C11H10N2O/c1-7-3-4-9(5-6-12)10-11(7)14-8(2)13-10/h3-4H,5H2,1-2H3. The highest BCUT2D eigenvalue weighted by molar-refractivity contribution is 5.80. The third kappa shape index (κ3) is 1.25. The molecule has 0 unspecified atom stereocenters. The van der Waals surface area contributed by atoms with Gasteiger partial charge in [0.2, 0.25) is 0 Å². The van der Waals surface area contributed by atoms with Crippen molar-refractivity contribution in [3.63, 3.8) is 0 Å². The van der Waals surface area contributed by atoms with E-state index < -0.39 is 0 Å². The summed E-state index contributed by atoms with van der Waals surface area (Å²) in [6, 6.07) is 6.01. The fraction of sp³-hybridized carbons (Fsp3) is 0.273. The maximum atomic E-state index is 8.65. The van der Waals surface area contributed by atoms with E-state index in [9.17, 15) is 0 Å². The van der Waals surface area contributed by atoms with Gasteiger partial charge in [-0.1, -0.05) is 12.1 Å². The molecule has 0 aliphatic rings. The van der Waals surface area contributed by atoms with Gasteiger partial charge in [-0.15, -0.1) is 0 Å². The lowest BCUT2D eigenvalue weighted by atomic mass is 10.1. The van der Waals surface area contributed by atoms with Crippen LogP contribution in [0.25, 0.3) is 11.1 Å². The number of aryl methyl sites for hydroxylation is 2. The number of rotatable bonds is 1. The van der Waals surface area contributed by atoms with Gasteiger partial charge in [0.15, 0.2) is 11.5 Å². The van der Waals surface area contributed by atoms with Crippen molar-refractivity contribution in [3.8, 4) is 6.07 Å². The maximum absolute atomic E-state index is 8.65. The summed E-state index contributed by atoms with van der Waals surface area (Å²) in [4.78, 5) is 4.27. The molecular formula is C11H10N2O. The molecule has 3 heteroatoms. The molecule has 1 aromatic heterocycles. The van der Waals surface area contributed by atoms with Gasteiger partial charge < -0.3 is 4.42 Å². The molecule has 0 saturated carbocycles. The lowest BCUT2D eigenvalue weighted by Gasteiger charge is -1.97. The van der Waals surface area contributed by atoms with E-state index in [1.54, 1.807) is 0 Å². The van der Waals surface area contributed by atoms with Crippen LogP contribution < -0.4 is 0 Å². The molecule has 0 atom stereocenters. The van der Waals surface area contributed by atoms with Crippen LogP contribution in [-0.2, 0) is 6.42 Å². The van der Waals surface area contributed by atoms with Gasteiger partial charge in [0.25, 0.3) is 0 Å². The predicted molar refractivity (Wildman–Crippen MR) is 52.8 cm³/mol. The first-order chi connectivity index (χ1) is 6.72. The number of benzene rings is 1. The van der Waals surface area contributed by atoms with Crippen LogP contribution in [0, 0.1) is 25.2 Å². The van der Waals surface area contributed by atoms with Gasteiger partial charge in [-0.05, 0) is 18.1 Å². The zero-order valence-corrected chi connectivity index (χ0v) is 8.16. The Balaban J connectivity index is 2.75. The van der Waals surface area contributed by atoms with Crippen LogP contribution >= 0.6 is 0 Å². The Morgan fingerprint density at radius 1 is 1.43 bits per heavy atom. The monoisotopic (exact) mass is 186 g/mol. The third-order valence-corrected chi connectivity index (χ3v) is 2.20. The second-order valence-electron chi connectivity index (χ2n) is 3.29. The fourth-order valence-electron chi connectivity index (χ4n) is 1.52. The molecule has 0 amide bonds. The first kappa shape index (κ1) is 8.76. The lowest BCUT2D eigenvalue weighted by molar-refractivity contribution is 0.559. The molecule has 0 aliphatic heterocycles. The summed E-state index contributed by atoms with van der Waals surface area (Å²) in [5, 5.41) is 8.65. The van der Waals surface area contributed by atoms with Crippen molar-refractivity contribution < 1.29 is 4.42 Å². The summed E-state index contributed by atoms with van der Waals surface area (Å²) in [6.45, 7) is 3.79. The number of nitriles is 1. The average Bonchev–Trinajstić information content (AvgIpc) is 2.53. The van der Waals surface area contributed by atoms with Crippen LogP contribution in [0.1, 0.15) is 17.0 Å². The number of hydrogen-bond acceptors (Lipinski definition) is 3. The van der Waals surface area contributed by atoms with Crippen LogP contribution in [0.4, 0.5) is 0 Å². The average molecular weight is 186 g/mol. The van der Waals surface area contributed by atoms with Crippen molar-refractivity contribution in [3.05, 3.63) is 29.2 Å². The van der Waals surface area contributed by atoms with Crippen molar-refractivity contribution in [2.75, 3.05) is 0 Å². The minimum atomic E-state index is 0.378. The van der Waals surface area contributed by atoms with Gasteiger partial charge >= 0.3 is 0 Å². The van der Waals surface area contributed by atoms with Crippen LogP contribution in [0.2, 0.25) is 0 Å². The second kappa shape index (κ2) is 3.15. The smallest absolute Gasteiger partial charge is 0.192 e. The molecule has 2 rings (SSSR count). The maximum Gasteiger partial charge on any atom is 0.192 e. The summed E-state index contributed by atoms with van der Waals surface area (Å²) in [5.41, 5.74) is 3.62. The lowest BCUT2D eigenvalue weighted by Crippen LogP contribution is -1.85. The van der Waals surface area contributed by atoms with Gasteiger partial charge in [-0.25, -0.2) is 4.98 Å². The zero-order chi connectivity index (χ0) is 10.1. The number of nitrogens with zero attached hydrogens (tertiary/aromatic N) is 2. The van der Waals surface area contributed by atoms with E-state index in [4.69, 9.17) is 9.68 Å². The minimum Gasteiger partial charge on any atom is -0.441 e. The van der Waals surface area contributed by atoms with E-state index in [0.29, 0.717) is 12.3 Å². The topological polar surface area (TPSA) is 49.8 Å². The van der Waals surface area contributed by atoms with Crippen LogP contribution in [0.5, 0.6) is 0 Å². The fourth-order valence-corrected chi connectivity index (χ4v) is 1.52. The molecule has 0 fully saturated rings. The summed E-state index contributed by atoms with van der Waals surface area (Å²) in [5.74, 6) is 0.647.